The number of likely N-dealkylation sites (tertiary alicyclic amines) is 1. The van der Waals surface area contributed by atoms with Gasteiger partial charge in [0.1, 0.15) is 5.65 Å². The van der Waals surface area contributed by atoms with Crippen molar-refractivity contribution in [2.24, 2.45) is 13.0 Å². The quantitative estimate of drug-likeness (QED) is 0.742. The van der Waals surface area contributed by atoms with E-state index in [0.717, 1.165) is 5.56 Å². The van der Waals surface area contributed by atoms with Gasteiger partial charge in [0.15, 0.2) is 10.8 Å². The van der Waals surface area contributed by atoms with Crippen LogP contribution in [0.15, 0.2) is 36.8 Å². The Kier molecular flexibility index (Phi) is 4.35. The van der Waals surface area contributed by atoms with E-state index in [4.69, 9.17) is 11.6 Å². The highest BCUT2D eigenvalue weighted by Crippen LogP contribution is 2.32. The lowest BCUT2D eigenvalue weighted by atomic mass is 9.85. The van der Waals surface area contributed by atoms with Crippen molar-refractivity contribution in [1.82, 2.24) is 24.1 Å². The number of halogens is 1. The topological polar surface area (TPSA) is 92.7 Å². The summed E-state index contributed by atoms with van der Waals surface area (Å²) in [6, 6.07) is 5.36. The molecule has 1 amide bonds. The molecule has 0 aromatic carbocycles. The van der Waals surface area contributed by atoms with E-state index in [9.17, 15) is 14.7 Å². The number of rotatable bonds is 3. The number of pyridine rings is 1. The van der Waals surface area contributed by atoms with Crippen LogP contribution in [0.25, 0.3) is 5.65 Å². The van der Waals surface area contributed by atoms with Crippen molar-refractivity contribution in [1.29, 1.82) is 0 Å². The molecule has 8 nitrogen and oxygen atoms in total. The molecule has 4 rings (SSSR count). The number of aliphatic carboxylic acids is 1. The Morgan fingerprint density at radius 3 is 2.81 bits per heavy atom. The average Bonchev–Trinajstić information content (AvgIpc) is 3.23. The fraction of sp³-hybridized carbons (Fsp3) is 0.333. The van der Waals surface area contributed by atoms with Gasteiger partial charge in [0, 0.05) is 38.4 Å². The number of carboxylic acids is 1. The van der Waals surface area contributed by atoms with Gasteiger partial charge >= 0.3 is 5.97 Å². The number of carbonyl (C=O) groups excluding carboxylic acids is 1. The van der Waals surface area contributed by atoms with E-state index < -0.39 is 11.9 Å². The van der Waals surface area contributed by atoms with Crippen molar-refractivity contribution in [2.75, 3.05) is 13.1 Å². The fourth-order valence-electron chi connectivity index (χ4n) is 3.64. The average molecular weight is 388 g/mol. The van der Waals surface area contributed by atoms with Crippen LogP contribution in [0.1, 0.15) is 28.4 Å². The molecule has 1 N–H and O–H groups in total. The third kappa shape index (κ3) is 3.16. The first-order valence-electron chi connectivity index (χ1n) is 8.57. The zero-order valence-corrected chi connectivity index (χ0v) is 15.4. The number of hydrogen-bond donors (Lipinski definition) is 1. The fourth-order valence-corrected chi connectivity index (χ4v) is 3.90. The normalized spacial score (nSPS) is 20.1. The van der Waals surface area contributed by atoms with Crippen molar-refractivity contribution < 1.29 is 14.7 Å². The molecule has 0 aliphatic carbocycles. The molecule has 4 heterocycles. The maximum atomic E-state index is 13.2. The second kappa shape index (κ2) is 6.70. The monoisotopic (exact) mass is 387 g/mol. The number of hydrogen-bond acceptors (Lipinski definition) is 4. The molecule has 1 saturated heterocycles. The molecule has 9 heteroatoms. The Morgan fingerprint density at radius 2 is 2.11 bits per heavy atom. The van der Waals surface area contributed by atoms with Gasteiger partial charge in [-0.3, -0.25) is 18.7 Å². The molecule has 1 aliphatic heterocycles. The van der Waals surface area contributed by atoms with Crippen LogP contribution >= 0.6 is 11.6 Å². The molecule has 140 valence electrons. The van der Waals surface area contributed by atoms with Crippen molar-refractivity contribution in [3.8, 4) is 0 Å². The number of fused-ring (bicyclic) bond motifs is 1. The van der Waals surface area contributed by atoms with E-state index in [1.165, 1.54) is 0 Å². The van der Waals surface area contributed by atoms with Gasteiger partial charge in [-0.25, -0.2) is 4.98 Å². The SMILES string of the molecule is Cn1cc(C2CC(C(=O)O)CN(C(=O)c3c(Cl)nc4ccccn34)C2)cn1. The first kappa shape index (κ1) is 17.5. The first-order chi connectivity index (χ1) is 12.9. The van der Waals surface area contributed by atoms with Crippen LogP contribution in [0.5, 0.6) is 0 Å². The van der Waals surface area contributed by atoms with Crippen molar-refractivity contribution in [3.63, 3.8) is 0 Å². The molecule has 2 atom stereocenters. The molecule has 0 bridgehead atoms. The minimum absolute atomic E-state index is 0.101. The van der Waals surface area contributed by atoms with Crippen molar-refractivity contribution >= 4 is 29.1 Å². The minimum Gasteiger partial charge on any atom is -0.481 e. The highest BCUT2D eigenvalue weighted by molar-refractivity contribution is 6.32. The lowest BCUT2D eigenvalue weighted by Gasteiger charge is -2.35. The lowest BCUT2D eigenvalue weighted by Crippen LogP contribution is -2.45. The number of imidazole rings is 1. The highest BCUT2D eigenvalue weighted by atomic mass is 35.5. The zero-order chi connectivity index (χ0) is 19.1. The summed E-state index contributed by atoms with van der Waals surface area (Å²) in [5.41, 5.74) is 1.75. The number of carboxylic acid groups (broad SMARTS) is 1. The number of amides is 1. The van der Waals surface area contributed by atoms with Crippen LogP contribution in [-0.2, 0) is 11.8 Å². The molecule has 0 radical (unpaired) electrons. The second-order valence-electron chi connectivity index (χ2n) is 6.81. The van der Waals surface area contributed by atoms with Crippen molar-refractivity contribution in [3.05, 3.63) is 53.2 Å². The molecular formula is C18H18ClN5O3. The molecule has 3 aromatic heterocycles. The van der Waals surface area contributed by atoms with Gasteiger partial charge in [-0.05, 0) is 24.1 Å². The Bertz CT molecular complexity index is 1030. The number of aromatic nitrogens is 4. The van der Waals surface area contributed by atoms with Gasteiger partial charge < -0.3 is 10.0 Å². The van der Waals surface area contributed by atoms with Crippen LogP contribution in [0.3, 0.4) is 0 Å². The van der Waals surface area contributed by atoms with E-state index in [1.807, 2.05) is 19.3 Å². The molecule has 1 aliphatic rings. The molecule has 0 saturated carbocycles. The van der Waals surface area contributed by atoms with Crippen LogP contribution in [0, 0.1) is 5.92 Å². The van der Waals surface area contributed by atoms with E-state index in [-0.39, 0.29) is 29.2 Å². The van der Waals surface area contributed by atoms with Gasteiger partial charge in [0.25, 0.3) is 5.91 Å². The molecule has 2 unspecified atom stereocenters. The first-order valence-corrected chi connectivity index (χ1v) is 8.95. The Balaban J connectivity index is 1.69. The van der Waals surface area contributed by atoms with E-state index >= 15 is 0 Å². The summed E-state index contributed by atoms with van der Waals surface area (Å²) in [7, 11) is 1.81. The summed E-state index contributed by atoms with van der Waals surface area (Å²) in [4.78, 5) is 30.7. The minimum atomic E-state index is -0.911. The molecule has 3 aromatic rings. The van der Waals surface area contributed by atoms with Crippen molar-refractivity contribution in [2.45, 2.75) is 12.3 Å². The second-order valence-corrected chi connectivity index (χ2v) is 7.16. The van der Waals surface area contributed by atoms with Crippen LogP contribution < -0.4 is 0 Å². The van der Waals surface area contributed by atoms with Crippen LogP contribution in [0.4, 0.5) is 0 Å². The zero-order valence-electron chi connectivity index (χ0n) is 14.6. The maximum Gasteiger partial charge on any atom is 0.308 e. The number of piperidine rings is 1. The molecule has 0 spiro atoms. The molecular weight excluding hydrogens is 370 g/mol. The summed E-state index contributed by atoms with van der Waals surface area (Å²) in [6.45, 7) is 0.548. The van der Waals surface area contributed by atoms with Gasteiger partial charge in [-0.15, -0.1) is 0 Å². The van der Waals surface area contributed by atoms with E-state index in [1.54, 1.807) is 38.5 Å². The van der Waals surface area contributed by atoms with Gasteiger partial charge in [-0.2, -0.15) is 5.10 Å². The molecule has 27 heavy (non-hydrogen) atoms. The Hall–Kier alpha value is -2.87. The molecule has 1 fully saturated rings. The van der Waals surface area contributed by atoms with E-state index in [2.05, 4.69) is 10.1 Å². The predicted octanol–water partition coefficient (Wildman–Crippen LogP) is 2.05. The Morgan fingerprint density at radius 1 is 1.30 bits per heavy atom. The standard InChI is InChI=1S/C18H18ClN5O3/c1-22-8-13(7-20-22)11-6-12(18(26)27)10-23(9-11)17(25)15-16(19)21-14-4-2-3-5-24(14)15/h2-5,7-8,11-12H,6,9-10H2,1H3,(H,26,27). The summed E-state index contributed by atoms with van der Waals surface area (Å²) < 4.78 is 3.31. The summed E-state index contributed by atoms with van der Waals surface area (Å²) in [5.74, 6) is -1.98. The third-order valence-corrected chi connectivity index (χ3v) is 5.24. The highest BCUT2D eigenvalue weighted by Gasteiger charge is 2.36. The number of nitrogens with zero attached hydrogens (tertiary/aromatic N) is 5. The summed E-state index contributed by atoms with van der Waals surface area (Å²) in [5, 5.41) is 13.8. The third-order valence-electron chi connectivity index (χ3n) is 4.97. The largest absolute Gasteiger partial charge is 0.481 e. The predicted molar refractivity (Wildman–Crippen MR) is 97.8 cm³/mol. The Labute approximate surface area is 160 Å². The van der Waals surface area contributed by atoms with E-state index in [0.29, 0.717) is 18.6 Å². The lowest BCUT2D eigenvalue weighted by molar-refractivity contribution is -0.143. The summed E-state index contributed by atoms with van der Waals surface area (Å²) >= 11 is 6.23. The van der Waals surface area contributed by atoms with Gasteiger partial charge in [-0.1, -0.05) is 17.7 Å². The smallest absolute Gasteiger partial charge is 0.308 e. The van der Waals surface area contributed by atoms with Crippen LogP contribution in [0.2, 0.25) is 5.15 Å². The number of aryl methyl sites for hydroxylation is 1. The summed E-state index contributed by atoms with van der Waals surface area (Å²) in [6.07, 6.45) is 5.77. The maximum absolute atomic E-state index is 13.2. The van der Waals surface area contributed by atoms with Gasteiger partial charge in [0.05, 0.1) is 12.1 Å². The number of carbonyl (C=O) groups is 2. The van der Waals surface area contributed by atoms with Crippen LogP contribution in [-0.4, -0.2) is 54.1 Å². The van der Waals surface area contributed by atoms with Gasteiger partial charge in [0.2, 0.25) is 0 Å².